The summed E-state index contributed by atoms with van der Waals surface area (Å²) in [4.78, 5) is 0. The fourth-order valence-corrected chi connectivity index (χ4v) is 2.18. The van der Waals surface area contributed by atoms with Gasteiger partial charge in [-0.25, -0.2) is 0 Å². The van der Waals surface area contributed by atoms with Crippen molar-refractivity contribution >= 4 is 12.4 Å². The number of benzene rings is 2. The van der Waals surface area contributed by atoms with E-state index < -0.39 is 0 Å². The molecule has 0 spiro atoms. The molecule has 0 radical (unpaired) electrons. The Kier molecular flexibility index (Phi) is 6.56. The lowest BCUT2D eigenvalue weighted by atomic mass is 9.98. The average Bonchev–Trinajstić information content (AvgIpc) is 2.48. The zero-order valence-corrected chi connectivity index (χ0v) is 12.8. The summed E-state index contributed by atoms with van der Waals surface area (Å²) in [6, 6.07) is 16.9. The van der Waals surface area contributed by atoms with Crippen molar-refractivity contribution < 1.29 is 4.74 Å². The van der Waals surface area contributed by atoms with Gasteiger partial charge in [0.2, 0.25) is 0 Å². The van der Waals surface area contributed by atoms with Crippen LogP contribution in [0.5, 0.6) is 5.75 Å². The van der Waals surface area contributed by atoms with Gasteiger partial charge < -0.3 is 10.5 Å². The number of nitrogens with two attached hydrogens (primary N) is 1. The number of ether oxygens (including phenoxy) is 1. The molecule has 2 N–H and O–H groups in total. The molecule has 2 aromatic carbocycles. The molecule has 0 aliphatic rings. The molecule has 0 heterocycles. The first-order valence-electron chi connectivity index (χ1n) is 6.72. The first-order valence-corrected chi connectivity index (χ1v) is 6.72. The van der Waals surface area contributed by atoms with Crippen molar-refractivity contribution in [2.75, 3.05) is 7.11 Å². The molecule has 0 aliphatic heterocycles. The zero-order valence-electron chi connectivity index (χ0n) is 12.0. The van der Waals surface area contributed by atoms with Gasteiger partial charge in [0, 0.05) is 6.04 Å². The highest BCUT2D eigenvalue weighted by Crippen LogP contribution is 2.27. The molecule has 108 valence electrons. The van der Waals surface area contributed by atoms with Gasteiger partial charge in [0.25, 0.3) is 0 Å². The van der Waals surface area contributed by atoms with E-state index >= 15 is 0 Å². The third-order valence-corrected chi connectivity index (χ3v) is 3.39. The minimum absolute atomic E-state index is 0. The third-order valence-electron chi connectivity index (χ3n) is 3.39. The highest BCUT2D eigenvalue weighted by molar-refractivity contribution is 5.85. The predicted octanol–water partition coefficient (Wildman–Crippen LogP) is 4.06. The first-order chi connectivity index (χ1) is 9.24. The van der Waals surface area contributed by atoms with Crippen molar-refractivity contribution in [2.24, 2.45) is 5.73 Å². The van der Waals surface area contributed by atoms with Crippen LogP contribution in [0.3, 0.4) is 0 Å². The van der Waals surface area contributed by atoms with Crippen molar-refractivity contribution in [3.63, 3.8) is 0 Å². The number of hydrogen-bond acceptors (Lipinski definition) is 2. The maximum atomic E-state index is 6.06. The van der Waals surface area contributed by atoms with E-state index in [1.54, 1.807) is 7.11 Å². The minimum atomic E-state index is 0. The summed E-state index contributed by atoms with van der Waals surface area (Å²) in [6.07, 6.45) is 1.82. The standard InChI is InChI=1S/C17H21NO.ClH/c1-3-16(18)12-15-11-14(9-10-17(15)19-2)13-7-5-4-6-8-13;/h4-11,16H,3,12,18H2,1-2H3;1H. The van der Waals surface area contributed by atoms with E-state index in [2.05, 4.69) is 43.3 Å². The lowest BCUT2D eigenvalue weighted by molar-refractivity contribution is 0.407. The Balaban J connectivity index is 0.00000200. The summed E-state index contributed by atoms with van der Waals surface area (Å²) >= 11 is 0. The quantitative estimate of drug-likeness (QED) is 0.901. The molecule has 2 rings (SSSR count). The molecule has 0 bridgehead atoms. The van der Waals surface area contributed by atoms with Crippen LogP contribution in [0.15, 0.2) is 48.5 Å². The van der Waals surface area contributed by atoms with Crippen LogP contribution in [-0.4, -0.2) is 13.2 Å². The van der Waals surface area contributed by atoms with Crippen molar-refractivity contribution in [1.29, 1.82) is 0 Å². The van der Waals surface area contributed by atoms with Crippen LogP contribution in [0, 0.1) is 0 Å². The van der Waals surface area contributed by atoms with Gasteiger partial charge >= 0.3 is 0 Å². The molecule has 2 aromatic rings. The second-order valence-electron chi connectivity index (χ2n) is 4.77. The Morgan fingerprint density at radius 3 is 2.35 bits per heavy atom. The summed E-state index contributed by atoms with van der Waals surface area (Å²) in [5.41, 5.74) is 9.67. The van der Waals surface area contributed by atoms with Gasteiger partial charge in [-0.3, -0.25) is 0 Å². The summed E-state index contributed by atoms with van der Waals surface area (Å²) in [5, 5.41) is 0. The molecular weight excluding hydrogens is 270 g/mol. The smallest absolute Gasteiger partial charge is 0.122 e. The van der Waals surface area contributed by atoms with E-state index in [9.17, 15) is 0 Å². The van der Waals surface area contributed by atoms with Gasteiger partial charge in [-0.2, -0.15) is 0 Å². The molecule has 3 heteroatoms. The monoisotopic (exact) mass is 291 g/mol. The Hall–Kier alpha value is -1.51. The van der Waals surface area contributed by atoms with Gasteiger partial charge in [0.1, 0.15) is 5.75 Å². The second-order valence-corrected chi connectivity index (χ2v) is 4.77. The largest absolute Gasteiger partial charge is 0.496 e. The maximum absolute atomic E-state index is 6.06. The van der Waals surface area contributed by atoms with Crippen LogP contribution < -0.4 is 10.5 Å². The Labute approximate surface area is 127 Å². The predicted molar refractivity (Wildman–Crippen MR) is 87.6 cm³/mol. The molecule has 1 unspecified atom stereocenters. The fraction of sp³-hybridized carbons (Fsp3) is 0.294. The highest BCUT2D eigenvalue weighted by Gasteiger charge is 2.09. The molecule has 2 nitrogen and oxygen atoms in total. The van der Waals surface area contributed by atoms with Crippen LogP contribution in [0.1, 0.15) is 18.9 Å². The number of halogens is 1. The number of rotatable bonds is 5. The zero-order chi connectivity index (χ0) is 13.7. The van der Waals surface area contributed by atoms with E-state index in [4.69, 9.17) is 10.5 Å². The molecule has 0 fully saturated rings. The van der Waals surface area contributed by atoms with E-state index in [-0.39, 0.29) is 18.4 Å². The first kappa shape index (κ1) is 16.5. The van der Waals surface area contributed by atoms with Crippen LogP contribution in [0.2, 0.25) is 0 Å². The van der Waals surface area contributed by atoms with Crippen molar-refractivity contribution in [1.82, 2.24) is 0 Å². The van der Waals surface area contributed by atoms with Gasteiger partial charge in [0.15, 0.2) is 0 Å². The van der Waals surface area contributed by atoms with Crippen LogP contribution in [0.4, 0.5) is 0 Å². The van der Waals surface area contributed by atoms with Gasteiger partial charge in [-0.15, -0.1) is 12.4 Å². The minimum Gasteiger partial charge on any atom is -0.496 e. The average molecular weight is 292 g/mol. The molecule has 0 aliphatic carbocycles. The topological polar surface area (TPSA) is 35.2 Å². The highest BCUT2D eigenvalue weighted by atomic mass is 35.5. The number of hydrogen-bond donors (Lipinski definition) is 1. The second kappa shape index (κ2) is 7.93. The fourth-order valence-electron chi connectivity index (χ4n) is 2.18. The Morgan fingerprint density at radius 2 is 1.75 bits per heavy atom. The molecule has 0 aromatic heterocycles. The van der Waals surface area contributed by atoms with Gasteiger partial charge in [-0.1, -0.05) is 43.3 Å². The summed E-state index contributed by atoms with van der Waals surface area (Å²) in [5.74, 6) is 0.920. The lowest BCUT2D eigenvalue weighted by Gasteiger charge is -2.14. The molecule has 0 amide bonds. The van der Waals surface area contributed by atoms with Crippen molar-refractivity contribution in [3.05, 3.63) is 54.1 Å². The molecular formula is C17H22ClNO. The van der Waals surface area contributed by atoms with E-state index in [1.165, 1.54) is 16.7 Å². The van der Waals surface area contributed by atoms with Gasteiger partial charge in [-0.05, 0) is 41.7 Å². The molecule has 20 heavy (non-hydrogen) atoms. The van der Waals surface area contributed by atoms with Crippen LogP contribution in [0.25, 0.3) is 11.1 Å². The SMILES string of the molecule is CCC(N)Cc1cc(-c2ccccc2)ccc1OC.Cl. The lowest BCUT2D eigenvalue weighted by Crippen LogP contribution is -2.21. The van der Waals surface area contributed by atoms with Gasteiger partial charge in [0.05, 0.1) is 7.11 Å². The van der Waals surface area contributed by atoms with Crippen molar-refractivity contribution in [2.45, 2.75) is 25.8 Å². The normalized spacial score (nSPS) is 11.6. The summed E-state index contributed by atoms with van der Waals surface area (Å²) in [6.45, 7) is 2.11. The number of methoxy groups -OCH3 is 1. The van der Waals surface area contributed by atoms with Crippen molar-refractivity contribution in [3.8, 4) is 16.9 Å². The van der Waals surface area contributed by atoms with E-state index in [0.29, 0.717) is 0 Å². The molecule has 0 saturated heterocycles. The van der Waals surface area contributed by atoms with E-state index in [1.807, 2.05) is 12.1 Å². The third kappa shape index (κ3) is 3.99. The van der Waals surface area contributed by atoms with Crippen LogP contribution in [-0.2, 0) is 6.42 Å². The summed E-state index contributed by atoms with van der Waals surface area (Å²) in [7, 11) is 1.71. The molecule has 0 saturated carbocycles. The Bertz CT molecular complexity index is 528. The van der Waals surface area contributed by atoms with E-state index in [0.717, 1.165) is 18.6 Å². The maximum Gasteiger partial charge on any atom is 0.122 e. The Morgan fingerprint density at radius 1 is 1.05 bits per heavy atom. The summed E-state index contributed by atoms with van der Waals surface area (Å²) < 4.78 is 5.43. The van der Waals surface area contributed by atoms with Crippen LogP contribution >= 0.6 is 12.4 Å². The molecule has 1 atom stereocenters.